The summed E-state index contributed by atoms with van der Waals surface area (Å²) in [5.74, 6) is -0.351. The molecule has 0 saturated heterocycles. The van der Waals surface area contributed by atoms with Crippen LogP contribution in [0.4, 0.5) is 0 Å². The highest BCUT2D eigenvalue weighted by Gasteiger charge is 2.43. The van der Waals surface area contributed by atoms with E-state index < -0.39 is 5.54 Å². The van der Waals surface area contributed by atoms with Crippen LogP contribution in [0, 0.1) is 0 Å². The first-order chi connectivity index (χ1) is 20.0. The van der Waals surface area contributed by atoms with Gasteiger partial charge in [0.05, 0.1) is 12.4 Å². The normalized spacial score (nSPS) is 13.0. The van der Waals surface area contributed by atoms with Gasteiger partial charge in [-0.15, -0.1) is 0 Å². The summed E-state index contributed by atoms with van der Waals surface area (Å²) >= 11 is 5.99. The van der Waals surface area contributed by atoms with Gasteiger partial charge in [0.15, 0.2) is 0 Å². The van der Waals surface area contributed by atoms with E-state index in [0.29, 0.717) is 34.2 Å². The minimum absolute atomic E-state index is 0.172. The Hall–Kier alpha value is -4.87. The standard InChI is InChI=1S/C35H28ClN3O2/c1-38-22-26(21-32(38)34(41)25-17-19-30(36)20-18-25)33(40)31-23-39(24-37-31)35(27-11-5-2-6-12-27,28-13-7-3-8-14-28)29-15-9-4-10-16-29/h2-23,37H,24H2,1H3. The maximum absolute atomic E-state index is 13.8. The van der Waals surface area contributed by atoms with Crippen LogP contribution in [0.3, 0.4) is 0 Å². The van der Waals surface area contributed by atoms with E-state index in [9.17, 15) is 9.59 Å². The molecule has 0 atom stereocenters. The van der Waals surface area contributed by atoms with Crippen molar-refractivity contribution in [1.29, 1.82) is 0 Å². The van der Waals surface area contributed by atoms with Crippen molar-refractivity contribution in [1.82, 2.24) is 14.8 Å². The highest BCUT2D eigenvalue weighted by atomic mass is 35.5. The van der Waals surface area contributed by atoms with Crippen molar-refractivity contribution in [2.75, 3.05) is 6.67 Å². The summed E-state index contributed by atoms with van der Waals surface area (Å²) < 4.78 is 1.69. The van der Waals surface area contributed by atoms with E-state index in [4.69, 9.17) is 11.6 Å². The molecule has 1 aliphatic rings. The van der Waals surface area contributed by atoms with E-state index in [1.807, 2.05) is 60.8 Å². The molecule has 0 aliphatic carbocycles. The predicted molar refractivity (Wildman–Crippen MR) is 162 cm³/mol. The molecule has 2 heterocycles. The lowest BCUT2D eigenvalue weighted by atomic mass is 9.76. The van der Waals surface area contributed by atoms with Crippen molar-refractivity contribution in [3.63, 3.8) is 0 Å². The van der Waals surface area contributed by atoms with E-state index in [1.165, 1.54) is 0 Å². The molecule has 4 aromatic carbocycles. The number of carbonyl (C=O) groups is 2. The number of nitrogens with one attached hydrogen (secondary N) is 1. The van der Waals surface area contributed by atoms with Crippen molar-refractivity contribution >= 4 is 23.2 Å². The molecule has 5 aromatic rings. The summed E-state index contributed by atoms with van der Waals surface area (Å²) in [5.41, 5.74) is 4.41. The summed E-state index contributed by atoms with van der Waals surface area (Å²) in [5, 5.41) is 3.90. The average molecular weight is 558 g/mol. The Balaban J connectivity index is 1.41. The number of aryl methyl sites for hydroxylation is 1. The van der Waals surface area contributed by atoms with Gasteiger partial charge < -0.3 is 14.8 Å². The molecule has 6 heteroatoms. The zero-order chi connectivity index (χ0) is 28.4. The second-order valence-electron chi connectivity index (χ2n) is 10.0. The van der Waals surface area contributed by atoms with Crippen LogP contribution in [0.5, 0.6) is 0 Å². The first-order valence-corrected chi connectivity index (χ1v) is 13.8. The smallest absolute Gasteiger partial charge is 0.211 e. The van der Waals surface area contributed by atoms with Gasteiger partial charge in [0.2, 0.25) is 11.6 Å². The number of rotatable bonds is 8. The number of hydrogen-bond donors (Lipinski definition) is 1. The van der Waals surface area contributed by atoms with E-state index in [2.05, 4.69) is 46.6 Å². The molecule has 0 radical (unpaired) electrons. The van der Waals surface area contributed by atoms with Gasteiger partial charge in [0.1, 0.15) is 11.2 Å². The lowest BCUT2D eigenvalue weighted by Gasteiger charge is -2.43. The minimum Gasteiger partial charge on any atom is -0.363 e. The molecule has 0 spiro atoms. The summed E-state index contributed by atoms with van der Waals surface area (Å²) in [7, 11) is 1.77. The highest BCUT2D eigenvalue weighted by molar-refractivity contribution is 6.30. The van der Waals surface area contributed by atoms with Crippen LogP contribution in [0.1, 0.15) is 43.1 Å². The second kappa shape index (κ2) is 11.0. The Morgan fingerprint density at radius 1 is 0.707 bits per heavy atom. The van der Waals surface area contributed by atoms with Gasteiger partial charge in [-0.3, -0.25) is 9.59 Å². The molecule has 1 aromatic heterocycles. The molecule has 202 valence electrons. The van der Waals surface area contributed by atoms with Gasteiger partial charge in [-0.1, -0.05) is 103 Å². The molecule has 1 N–H and O–H groups in total. The molecule has 0 fully saturated rings. The van der Waals surface area contributed by atoms with Crippen molar-refractivity contribution in [3.8, 4) is 0 Å². The fraction of sp³-hybridized carbons (Fsp3) is 0.0857. The SMILES string of the molecule is Cn1cc(C(=O)C2=CN(C(c3ccccc3)(c3ccccc3)c3ccccc3)CN2)cc1C(=O)c1ccc(Cl)cc1. The third-order valence-electron chi connectivity index (χ3n) is 7.58. The van der Waals surface area contributed by atoms with Crippen molar-refractivity contribution < 1.29 is 9.59 Å². The molecule has 0 amide bonds. The van der Waals surface area contributed by atoms with Gasteiger partial charge in [0, 0.05) is 35.6 Å². The number of benzene rings is 4. The summed E-state index contributed by atoms with van der Waals surface area (Å²) in [4.78, 5) is 29.2. The number of Topliss-reactive ketones (excluding diaryl/α,β-unsaturated/α-hetero) is 1. The molecule has 5 nitrogen and oxygen atoms in total. The Morgan fingerprint density at radius 2 is 1.22 bits per heavy atom. The number of ketones is 2. The molecule has 41 heavy (non-hydrogen) atoms. The Kier molecular flexibility index (Phi) is 7.04. The minimum atomic E-state index is -0.689. The monoisotopic (exact) mass is 557 g/mol. The van der Waals surface area contributed by atoms with Gasteiger partial charge in [-0.05, 0) is 47.0 Å². The van der Waals surface area contributed by atoms with Crippen LogP contribution in [-0.4, -0.2) is 27.7 Å². The van der Waals surface area contributed by atoms with E-state index >= 15 is 0 Å². The maximum Gasteiger partial charge on any atom is 0.211 e. The maximum atomic E-state index is 13.8. The van der Waals surface area contributed by atoms with Crippen molar-refractivity contribution in [2.24, 2.45) is 7.05 Å². The Morgan fingerprint density at radius 3 is 1.73 bits per heavy atom. The van der Waals surface area contributed by atoms with Crippen LogP contribution in [0.25, 0.3) is 0 Å². The number of allylic oxidation sites excluding steroid dienone is 1. The first-order valence-electron chi connectivity index (χ1n) is 13.4. The molecular formula is C35H28ClN3O2. The number of hydrogen-bond acceptors (Lipinski definition) is 4. The topological polar surface area (TPSA) is 54.3 Å². The largest absolute Gasteiger partial charge is 0.363 e. The second-order valence-corrected chi connectivity index (χ2v) is 10.5. The quantitative estimate of drug-likeness (QED) is 0.169. The Labute approximate surface area is 244 Å². The number of halogens is 1. The van der Waals surface area contributed by atoms with Crippen LogP contribution in [-0.2, 0) is 12.6 Å². The third kappa shape index (κ3) is 4.75. The van der Waals surface area contributed by atoms with E-state index in [0.717, 1.165) is 16.7 Å². The number of aromatic nitrogens is 1. The average Bonchev–Trinajstić information content (AvgIpc) is 3.67. The van der Waals surface area contributed by atoms with Crippen LogP contribution in [0.15, 0.2) is 139 Å². The van der Waals surface area contributed by atoms with Gasteiger partial charge >= 0.3 is 0 Å². The van der Waals surface area contributed by atoms with E-state index in [-0.39, 0.29) is 11.6 Å². The van der Waals surface area contributed by atoms with Gasteiger partial charge in [0.25, 0.3) is 0 Å². The summed E-state index contributed by atoms with van der Waals surface area (Å²) in [6.45, 7) is 0.420. The Bertz CT molecular complexity index is 1630. The van der Waals surface area contributed by atoms with Crippen molar-refractivity contribution in [2.45, 2.75) is 5.54 Å². The predicted octanol–water partition coefficient (Wildman–Crippen LogP) is 6.79. The molecule has 6 rings (SSSR count). The van der Waals surface area contributed by atoms with Gasteiger partial charge in [-0.2, -0.15) is 0 Å². The van der Waals surface area contributed by atoms with E-state index in [1.54, 1.807) is 48.1 Å². The first kappa shape index (κ1) is 26.4. The zero-order valence-electron chi connectivity index (χ0n) is 22.5. The summed E-state index contributed by atoms with van der Waals surface area (Å²) in [6.07, 6.45) is 3.61. The summed E-state index contributed by atoms with van der Waals surface area (Å²) in [6, 6.07) is 39.4. The van der Waals surface area contributed by atoms with Crippen LogP contribution >= 0.6 is 11.6 Å². The molecule has 0 bridgehead atoms. The molecule has 1 aliphatic heterocycles. The molecule has 0 unspecified atom stereocenters. The zero-order valence-corrected chi connectivity index (χ0v) is 23.3. The highest BCUT2D eigenvalue weighted by Crippen LogP contribution is 2.43. The molecular weight excluding hydrogens is 530 g/mol. The molecule has 0 saturated carbocycles. The third-order valence-corrected chi connectivity index (χ3v) is 7.83. The van der Waals surface area contributed by atoms with Crippen LogP contribution in [0.2, 0.25) is 5.02 Å². The number of carbonyl (C=O) groups excluding carboxylic acids is 2. The van der Waals surface area contributed by atoms with Crippen molar-refractivity contribution in [3.05, 3.63) is 178 Å². The van der Waals surface area contributed by atoms with Crippen LogP contribution < -0.4 is 5.32 Å². The lowest BCUT2D eigenvalue weighted by Crippen LogP contribution is -2.45. The van der Waals surface area contributed by atoms with Gasteiger partial charge in [-0.25, -0.2) is 0 Å². The number of nitrogens with zero attached hydrogens (tertiary/aromatic N) is 2. The fourth-order valence-electron chi connectivity index (χ4n) is 5.63. The fourth-order valence-corrected chi connectivity index (χ4v) is 5.75. The lowest BCUT2D eigenvalue weighted by molar-refractivity contribution is 0.102.